The van der Waals surface area contributed by atoms with E-state index in [9.17, 15) is 8.42 Å². The summed E-state index contributed by atoms with van der Waals surface area (Å²) in [6.45, 7) is 3.02. The average molecular weight is 334 g/mol. The monoisotopic (exact) mass is 334 g/mol. The second kappa shape index (κ2) is 7.25. The molecule has 1 aliphatic rings. The van der Waals surface area contributed by atoms with Crippen molar-refractivity contribution in [2.24, 2.45) is 0 Å². The Bertz CT molecular complexity index is 701. The Morgan fingerprint density at radius 1 is 1.22 bits per heavy atom. The van der Waals surface area contributed by atoms with Crippen molar-refractivity contribution in [2.75, 3.05) is 19.6 Å². The smallest absolute Gasteiger partial charge is 0.240 e. The Hall–Kier alpha value is -1.70. The molecule has 0 bridgehead atoms. The summed E-state index contributed by atoms with van der Waals surface area (Å²) in [6, 6.07) is 10.8. The molecule has 1 aliphatic heterocycles. The van der Waals surface area contributed by atoms with Crippen molar-refractivity contribution >= 4 is 10.0 Å². The van der Waals surface area contributed by atoms with Gasteiger partial charge in [-0.2, -0.15) is 5.10 Å². The van der Waals surface area contributed by atoms with Crippen molar-refractivity contribution in [1.29, 1.82) is 0 Å². The molecule has 1 atom stereocenters. The Morgan fingerprint density at radius 2 is 2.04 bits per heavy atom. The van der Waals surface area contributed by atoms with E-state index < -0.39 is 10.0 Å². The Kier molecular flexibility index (Phi) is 5.09. The number of likely N-dealkylation sites (tertiary alicyclic amines) is 1. The van der Waals surface area contributed by atoms with Gasteiger partial charge >= 0.3 is 0 Å². The van der Waals surface area contributed by atoms with Crippen molar-refractivity contribution in [2.45, 2.75) is 30.3 Å². The second-order valence-electron chi connectivity index (χ2n) is 5.77. The van der Waals surface area contributed by atoms with Gasteiger partial charge in [-0.1, -0.05) is 18.2 Å². The van der Waals surface area contributed by atoms with Crippen LogP contribution in [0.1, 0.15) is 12.8 Å². The highest BCUT2D eigenvalue weighted by atomic mass is 32.2. The number of nitrogens with one attached hydrogen (secondary N) is 1. The van der Waals surface area contributed by atoms with E-state index in [-0.39, 0.29) is 0 Å². The first-order valence-corrected chi connectivity index (χ1v) is 9.40. The number of aromatic nitrogens is 2. The molecule has 6 nitrogen and oxygen atoms in total. The van der Waals surface area contributed by atoms with E-state index in [1.54, 1.807) is 30.5 Å². The van der Waals surface area contributed by atoms with Crippen molar-refractivity contribution in [3.05, 3.63) is 48.8 Å². The van der Waals surface area contributed by atoms with Gasteiger partial charge < -0.3 is 0 Å². The highest BCUT2D eigenvalue weighted by molar-refractivity contribution is 7.89. The van der Waals surface area contributed by atoms with Gasteiger partial charge in [0, 0.05) is 31.5 Å². The van der Waals surface area contributed by atoms with Crippen molar-refractivity contribution in [1.82, 2.24) is 19.4 Å². The van der Waals surface area contributed by atoms with E-state index in [0.717, 1.165) is 32.5 Å². The lowest BCUT2D eigenvalue weighted by Gasteiger charge is -2.24. The third kappa shape index (κ3) is 4.19. The highest BCUT2D eigenvalue weighted by Crippen LogP contribution is 2.18. The van der Waals surface area contributed by atoms with E-state index in [4.69, 9.17) is 0 Å². The van der Waals surface area contributed by atoms with Crippen molar-refractivity contribution < 1.29 is 8.42 Å². The predicted molar refractivity (Wildman–Crippen MR) is 88.5 cm³/mol. The number of sulfonamides is 1. The Balaban J connectivity index is 1.52. The van der Waals surface area contributed by atoms with E-state index in [0.29, 0.717) is 17.5 Å². The topological polar surface area (TPSA) is 67.2 Å². The lowest BCUT2D eigenvalue weighted by molar-refractivity contribution is 0.231. The molecule has 1 aromatic carbocycles. The van der Waals surface area contributed by atoms with Gasteiger partial charge in [0.25, 0.3) is 0 Å². The fourth-order valence-electron chi connectivity index (χ4n) is 3.03. The maximum Gasteiger partial charge on any atom is 0.240 e. The Labute approximate surface area is 137 Å². The van der Waals surface area contributed by atoms with Crippen LogP contribution >= 0.6 is 0 Å². The summed E-state index contributed by atoms with van der Waals surface area (Å²) in [4.78, 5) is 2.66. The maximum atomic E-state index is 12.2. The zero-order valence-corrected chi connectivity index (χ0v) is 13.8. The van der Waals surface area contributed by atoms with E-state index >= 15 is 0 Å². The third-order valence-electron chi connectivity index (χ3n) is 4.20. The van der Waals surface area contributed by atoms with Gasteiger partial charge in [-0.15, -0.1) is 0 Å². The second-order valence-corrected chi connectivity index (χ2v) is 7.54. The van der Waals surface area contributed by atoms with Crippen LogP contribution in [0.2, 0.25) is 0 Å². The molecule has 0 amide bonds. The molecule has 0 saturated carbocycles. The molecular weight excluding hydrogens is 312 g/mol. The third-order valence-corrected chi connectivity index (χ3v) is 5.68. The minimum absolute atomic E-state index is 0.314. The summed E-state index contributed by atoms with van der Waals surface area (Å²) >= 11 is 0. The number of nitrogens with zero attached hydrogens (tertiary/aromatic N) is 3. The molecule has 124 valence electrons. The first-order chi connectivity index (χ1) is 11.1. The summed E-state index contributed by atoms with van der Waals surface area (Å²) < 4.78 is 29.0. The zero-order valence-electron chi connectivity index (χ0n) is 13.0. The summed E-state index contributed by atoms with van der Waals surface area (Å²) in [5.41, 5.74) is 0. The van der Waals surface area contributed by atoms with Crippen LogP contribution in [-0.2, 0) is 16.6 Å². The number of benzene rings is 1. The minimum atomic E-state index is -3.41. The number of hydrogen-bond donors (Lipinski definition) is 1. The van der Waals surface area contributed by atoms with Crippen LogP contribution in [0.4, 0.5) is 0 Å². The van der Waals surface area contributed by atoms with Gasteiger partial charge in [0.05, 0.1) is 11.4 Å². The van der Waals surface area contributed by atoms with Gasteiger partial charge in [-0.3, -0.25) is 9.58 Å². The molecule has 0 aliphatic carbocycles. The first-order valence-electron chi connectivity index (χ1n) is 7.91. The van der Waals surface area contributed by atoms with Crippen LogP contribution in [-0.4, -0.2) is 48.8 Å². The van der Waals surface area contributed by atoms with Gasteiger partial charge in [-0.25, -0.2) is 13.1 Å². The normalized spacial score (nSPS) is 19.2. The largest absolute Gasteiger partial charge is 0.297 e. The van der Waals surface area contributed by atoms with Gasteiger partial charge in [0.1, 0.15) is 0 Å². The molecule has 1 N–H and O–H groups in total. The fraction of sp³-hybridized carbons (Fsp3) is 0.438. The van der Waals surface area contributed by atoms with Crippen LogP contribution in [0.3, 0.4) is 0 Å². The predicted octanol–water partition coefficient (Wildman–Crippen LogP) is 1.33. The molecule has 3 rings (SSSR count). The minimum Gasteiger partial charge on any atom is -0.297 e. The quantitative estimate of drug-likeness (QED) is 0.829. The Morgan fingerprint density at radius 3 is 2.78 bits per heavy atom. The molecule has 2 heterocycles. The van der Waals surface area contributed by atoms with Crippen LogP contribution in [0.25, 0.3) is 0 Å². The standard InChI is InChI=1S/C16H22N4O2S/c21-23(22,16-7-2-1-3-8-16)18-10-13-19-11-4-6-15(19)14-20-12-5-9-17-20/h1-3,5,7-9,12,15,18H,4,6,10-11,13-14H2/t15-/m1/s1. The van der Waals surface area contributed by atoms with Gasteiger partial charge in [0.15, 0.2) is 0 Å². The summed E-state index contributed by atoms with van der Waals surface area (Å²) in [7, 11) is -3.41. The first kappa shape index (κ1) is 16.2. The molecule has 1 fully saturated rings. The SMILES string of the molecule is O=S(=O)(NCCN1CCC[C@@H]1Cn1cccn1)c1ccccc1. The molecule has 2 aromatic rings. The van der Waals surface area contributed by atoms with Crippen LogP contribution in [0.15, 0.2) is 53.7 Å². The molecule has 0 spiro atoms. The van der Waals surface area contributed by atoms with Crippen LogP contribution in [0, 0.1) is 0 Å². The number of hydrogen-bond acceptors (Lipinski definition) is 4. The summed E-state index contributed by atoms with van der Waals surface area (Å²) in [5, 5.41) is 4.25. The van der Waals surface area contributed by atoms with E-state index in [2.05, 4.69) is 14.7 Å². The van der Waals surface area contributed by atoms with E-state index in [1.807, 2.05) is 23.0 Å². The van der Waals surface area contributed by atoms with Crippen molar-refractivity contribution in [3.8, 4) is 0 Å². The molecular formula is C16H22N4O2S. The summed E-state index contributed by atoms with van der Waals surface area (Å²) in [6.07, 6.45) is 6.03. The summed E-state index contributed by atoms with van der Waals surface area (Å²) in [5.74, 6) is 0. The van der Waals surface area contributed by atoms with Crippen LogP contribution in [0.5, 0.6) is 0 Å². The molecule has 7 heteroatoms. The molecule has 1 saturated heterocycles. The molecule has 1 aromatic heterocycles. The highest BCUT2D eigenvalue weighted by Gasteiger charge is 2.25. The maximum absolute atomic E-state index is 12.2. The average Bonchev–Trinajstić information content (AvgIpc) is 3.21. The lowest BCUT2D eigenvalue weighted by Crippen LogP contribution is -2.39. The molecule has 0 radical (unpaired) electrons. The van der Waals surface area contributed by atoms with Gasteiger partial charge in [-0.05, 0) is 37.6 Å². The molecule has 23 heavy (non-hydrogen) atoms. The van der Waals surface area contributed by atoms with Gasteiger partial charge in [0.2, 0.25) is 10.0 Å². The van der Waals surface area contributed by atoms with Crippen molar-refractivity contribution in [3.63, 3.8) is 0 Å². The van der Waals surface area contributed by atoms with Crippen LogP contribution < -0.4 is 4.72 Å². The zero-order chi connectivity index (χ0) is 16.1. The molecule has 0 unspecified atom stereocenters. The number of rotatable bonds is 7. The fourth-order valence-corrected chi connectivity index (χ4v) is 4.07. The van der Waals surface area contributed by atoms with E-state index in [1.165, 1.54) is 0 Å². The lowest BCUT2D eigenvalue weighted by atomic mass is 10.2.